The van der Waals surface area contributed by atoms with E-state index in [1.54, 1.807) is 42.5 Å². The van der Waals surface area contributed by atoms with Crippen molar-refractivity contribution in [3.05, 3.63) is 58.1 Å². The summed E-state index contributed by atoms with van der Waals surface area (Å²) in [5.41, 5.74) is 1.87. The van der Waals surface area contributed by atoms with Gasteiger partial charge in [-0.1, -0.05) is 36.2 Å². The lowest BCUT2D eigenvalue weighted by atomic mass is 9.98. The number of amides is 2. The molecule has 148 valence electrons. The highest BCUT2D eigenvalue weighted by Crippen LogP contribution is 2.29. The molecule has 0 unspecified atom stereocenters. The average Bonchev–Trinajstić information content (AvgIpc) is 2.70. The van der Waals surface area contributed by atoms with Crippen LogP contribution in [0, 0.1) is 5.92 Å². The summed E-state index contributed by atoms with van der Waals surface area (Å²) in [5.74, 6) is 0.499. The molecule has 2 N–H and O–H groups in total. The minimum atomic E-state index is -0.222. The Balaban J connectivity index is 1.53. The van der Waals surface area contributed by atoms with E-state index in [0.29, 0.717) is 32.9 Å². The highest BCUT2D eigenvalue weighted by molar-refractivity contribution is 6.43. The molecule has 0 bridgehead atoms. The standard InChI is InChI=1S/C21H23Cl2N3O2/c1-14-9-11-26(12-10-14)21(28)15-5-7-16(8-6-15)25-19(27)13-24-18-4-2-3-17(22)20(18)23/h2-8,14,24H,9-13H2,1H3,(H,25,27). The second kappa shape index (κ2) is 9.30. The number of carbonyl (C=O) groups excluding carboxylic acids is 2. The van der Waals surface area contributed by atoms with E-state index in [2.05, 4.69) is 17.6 Å². The summed E-state index contributed by atoms with van der Waals surface area (Å²) < 4.78 is 0. The van der Waals surface area contributed by atoms with E-state index in [9.17, 15) is 9.59 Å². The SMILES string of the molecule is CC1CCN(C(=O)c2ccc(NC(=O)CNc3cccc(Cl)c3Cl)cc2)CC1. The third-order valence-corrected chi connectivity index (χ3v) is 5.70. The maximum Gasteiger partial charge on any atom is 0.253 e. The molecule has 0 aromatic heterocycles. The summed E-state index contributed by atoms with van der Waals surface area (Å²) in [6.07, 6.45) is 2.09. The summed E-state index contributed by atoms with van der Waals surface area (Å²) in [4.78, 5) is 26.6. The molecular formula is C21H23Cl2N3O2. The molecule has 1 heterocycles. The van der Waals surface area contributed by atoms with Crippen LogP contribution in [0.5, 0.6) is 0 Å². The van der Waals surface area contributed by atoms with Gasteiger partial charge in [0.15, 0.2) is 0 Å². The molecule has 1 aliphatic heterocycles. The Kier molecular flexibility index (Phi) is 6.81. The highest BCUT2D eigenvalue weighted by atomic mass is 35.5. The van der Waals surface area contributed by atoms with Crippen molar-refractivity contribution in [1.29, 1.82) is 0 Å². The Hall–Kier alpha value is -2.24. The van der Waals surface area contributed by atoms with Gasteiger partial charge in [-0.3, -0.25) is 9.59 Å². The van der Waals surface area contributed by atoms with E-state index in [1.807, 2.05) is 4.90 Å². The number of carbonyl (C=O) groups is 2. The van der Waals surface area contributed by atoms with Crippen LogP contribution in [-0.2, 0) is 4.79 Å². The summed E-state index contributed by atoms with van der Waals surface area (Å²) in [5, 5.41) is 6.56. The van der Waals surface area contributed by atoms with Crippen molar-refractivity contribution in [1.82, 2.24) is 4.90 Å². The van der Waals surface area contributed by atoms with E-state index in [-0.39, 0.29) is 18.4 Å². The van der Waals surface area contributed by atoms with Crippen LogP contribution in [0.2, 0.25) is 10.0 Å². The Bertz CT molecular complexity index is 847. The lowest BCUT2D eigenvalue weighted by molar-refractivity contribution is -0.114. The molecule has 1 fully saturated rings. The Morgan fingerprint density at radius 2 is 1.75 bits per heavy atom. The Morgan fingerprint density at radius 3 is 2.43 bits per heavy atom. The molecule has 0 radical (unpaired) electrons. The van der Waals surface area contributed by atoms with Crippen molar-refractivity contribution >= 4 is 46.4 Å². The molecule has 0 saturated carbocycles. The van der Waals surface area contributed by atoms with E-state index in [0.717, 1.165) is 25.9 Å². The fourth-order valence-electron chi connectivity index (χ4n) is 3.11. The first-order valence-corrected chi connectivity index (χ1v) is 10.1. The van der Waals surface area contributed by atoms with Crippen LogP contribution in [0.25, 0.3) is 0 Å². The lowest BCUT2D eigenvalue weighted by Gasteiger charge is -2.30. The van der Waals surface area contributed by atoms with E-state index < -0.39 is 0 Å². The Labute approximate surface area is 175 Å². The maximum absolute atomic E-state index is 12.6. The van der Waals surface area contributed by atoms with Crippen LogP contribution in [-0.4, -0.2) is 36.3 Å². The van der Waals surface area contributed by atoms with E-state index >= 15 is 0 Å². The van der Waals surface area contributed by atoms with Crippen LogP contribution in [0.15, 0.2) is 42.5 Å². The van der Waals surface area contributed by atoms with E-state index in [4.69, 9.17) is 23.2 Å². The fourth-order valence-corrected chi connectivity index (χ4v) is 3.48. The molecular weight excluding hydrogens is 397 g/mol. The first-order chi connectivity index (χ1) is 13.4. The number of hydrogen-bond donors (Lipinski definition) is 2. The van der Waals surface area contributed by atoms with Gasteiger partial charge in [-0.25, -0.2) is 0 Å². The summed E-state index contributed by atoms with van der Waals surface area (Å²) in [7, 11) is 0. The maximum atomic E-state index is 12.6. The van der Waals surface area contributed by atoms with Gasteiger partial charge in [-0.15, -0.1) is 0 Å². The fraction of sp³-hybridized carbons (Fsp3) is 0.333. The molecule has 2 amide bonds. The van der Waals surface area contributed by atoms with Gasteiger partial charge in [0.2, 0.25) is 5.91 Å². The van der Waals surface area contributed by atoms with Crippen molar-refractivity contribution in [3.63, 3.8) is 0 Å². The number of hydrogen-bond acceptors (Lipinski definition) is 3. The van der Waals surface area contributed by atoms with Gasteiger partial charge in [0.1, 0.15) is 0 Å². The number of benzene rings is 2. The van der Waals surface area contributed by atoms with Gasteiger partial charge in [0.25, 0.3) is 5.91 Å². The second-order valence-corrected chi connectivity index (χ2v) is 7.84. The normalized spacial score (nSPS) is 14.6. The number of piperidine rings is 1. The van der Waals surface area contributed by atoms with Gasteiger partial charge in [0.05, 0.1) is 22.3 Å². The quantitative estimate of drug-likeness (QED) is 0.722. The molecule has 1 aliphatic rings. The van der Waals surface area contributed by atoms with Crippen LogP contribution >= 0.6 is 23.2 Å². The van der Waals surface area contributed by atoms with Crippen LogP contribution in [0.4, 0.5) is 11.4 Å². The molecule has 0 atom stereocenters. The highest BCUT2D eigenvalue weighted by Gasteiger charge is 2.21. The molecule has 0 spiro atoms. The van der Waals surface area contributed by atoms with Crippen LogP contribution in [0.1, 0.15) is 30.1 Å². The van der Waals surface area contributed by atoms with Gasteiger partial charge < -0.3 is 15.5 Å². The van der Waals surface area contributed by atoms with Crippen molar-refractivity contribution < 1.29 is 9.59 Å². The summed E-state index contributed by atoms with van der Waals surface area (Å²) >= 11 is 12.1. The molecule has 7 heteroatoms. The molecule has 3 rings (SSSR count). The smallest absolute Gasteiger partial charge is 0.253 e. The largest absolute Gasteiger partial charge is 0.375 e. The zero-order valence-corrected chi connectivity index (χ0v) is 17.2. The molecule has 2 aromatic rings. The van der Waals surface area contributed by atoms with Gasteiger partial charge >= 0.3 is 0 Å². The minimum absolute atomic E-state index is 0.0436. The predicted molar refractivity (Wildman–Crippen MR) is 114 cm³/mol. The number of anilines is 2. The zero-order chi connectivity index (χ0) is 20.1. The van der Waals surface area contributed by atoms with E-state index in [1.165, 1.54) is 0 Å². The van der Waals surface area contributed by atoms with Crippen molar-refractivity contribution in [2.24, 2.45) is 5.92 Å². The average molecular weight is 420 g/mol. The molecule has 0 aliphatic carbocycles. The molecule has 2 aromatic carbocycles. The number of likely N-dealkylation sites (tertiary alicyclic amines) is 1. The monoisotopic (exact) mass is 419 g/mol. The zero-order valence-electron chi connectivity index (χ0n) is 15.7. The number of nitrogens with zero attached hydrogens (tertiary/aromatic N) is 1. The topological polar surface area (TPSA) is 61.4 Å². The second-order valence-electron chi connectivity index (χ2n) is 7.06. The summed E-state index contributed by atoms with van der Waals surface area (Å²) in [6.45, 7) is 3.87. The minimum Gasteiger partial charge on any atom is -0.375 e. The first kappa shape index (κ1) is 20.5. The van der Waals surface area contributed by atoms with Gasteiger partial charge in [0, 0.05) is 24.3 Å². The Morgan fingerprint density at radius 1 is 1.07 bits per heavy atom. The lowest BCUT2D eigenvalue weighted by Crippen LogP contribution is -2.37. The molecule has 28 heavy (non-hydrogen) atoms. The predicted octanol–water partition coefficient (Wildman–Crippen LogP) is 4.92. The number of halogens is 2. The van der Waals surface area contributed by atoms with Crippen molar-refractivity contribution in [3.8, 4) is 0 Å². The summed E-state index contributed by atoms with van der Waals surface area (Å²) in [6, 6.07) is 12.2. The first-order valence-electron chi connectivity index (χ1n) is 9.31. The van der Waals surface area contributed by atoms with Crippen LogP contribution in [0.3, 0.4) is 0 Å². The van der Waals surface area contributed by atoms with Gasteiger partial charge in [-0.05, 0) is 55.2 Å². The van der Waals surface area contributed by atoms with Crippen molar-refractivity contribution in [2.75, 3.05) is 30.3 Å². The molecule has 1 saturated heterocycles. The van der Waals surface area contributed by atoms with Crippen molar-refractivity contribution in [2.45, 2.75) is 19.8 Å². The number of rotatable bonds is 5. The number of nitrogens with one attached hydrogen (secondary N) is 2. The third-order valence-electron chi connectivity index (χ3n) is 4.88. The van der Waals surface area contributed by atoms with Crippen LogP contribution < -0.4 is 10.6 Å². The molecule has 5 nitrogen and oxygen atoms in total. The van der Waals surface area contributed by atoms with Gasteiger partial charge in [-0.2, -0.15) is 0 Å². The third kappa shape index (κ3) is 5.18.